The Labute approximate surface area is 133 Å². The van der Waals surface area contributed by atoms with E-state index in [-0.39, 0.29) is 12.6 Å². The van der Waals surface area contributed by atoms with Crippen molar-refractivity contribution >= 4 is 0 Å². The molecule has 0 aliphatic carbocycles. The predicted molar refractivity (Wildman–Crippen MR) is 89.1 cm³/mol. The summed E-state index contributed by atoms with van der Waals surface area (Å²) in [5.41, 5.74) is 7.05. The molecule has 1 aliphatic rings. The highest BCUT2D eigenvalue weighted by Crippen LogP contribution is 2.28. The number of nitrogens with zero attached hydrogens (tertiary/aromatic N) is 2. The molecule has 1 saturated heterocycles. The van der Waals surface area contributed by atoms with Crippen LogP contribution in [0.1, 0.15) is 24.4 Å². The molecule has 2 rings (SSSR count). The molecule has 0 spiro atoms. The molecule has 3 N–H and O–H groups in total. The number of nitrogens with two attached hydrogens (primary N) is 1. The minimum Gasteiger partial charge on any atom is -0.492 e. The van der Waals surface area contributed by atoms with E-state index < -0.39 is 0 Å². The molecular formula is C17H29N3O2. The van der Waals surface area contributed by atoms with Gasteiger partial charge in [-0.15, -0.1) is 0 Å². The Bertz CT molecular complexity index is 436. The molecule has 0 saturated carbocycles. The number of aliphatic hydroxyl groups excluding tert-OH is 1. The summed E-state index contributed by atoms with van der Waals surface area (Å²) in [6.45, 7) is 5.30. The van der Waals surface area contributed by atoms with E-state index >= 15 is 0 Å². The van der Waals surface area contributed by atoms with E-state index in [0.29, 0.717) is 19.7 Å². The number of hydrogen-bond donors (Lipinski definition) is 2. The molecule has 1 heterocycles. The highest BCUT2D eigenvalue weighted by Gasteiger charge is 2.19. The van der Waals surface area contributed by atoms with Gasteiger partial charge in [0.05, 0.1) is 12.6 Å². The van der Waals surface area contributed by atoms with Crippen molar-refractivity contribution in [3.63, 3.8) is 0 Å². The molecule has 1 aromatic carbocycles. The van der Waals surface area contributed by atoms with Crippen molar-refractivity contribution in [1.29, 1.82) is 0 Å². The third-order valence-electron chi connectivity index (χ3n) is 4.35. The van der Waals surface area contributed by atoms with E-state index in [2.05, 4.69) is 15.9 Å². The van der Waals surface area contributed by atoms with Crippen LogP contribution in [-0.2, 0) is 0 Å². The van der Waals surface area contributed by atoms with Crippen LogP contribution in [0.2, 0.25) is 0 Å². The van der Waals surface area contributed by atoms with Crippen molar-refractivity contribution in [3.8, 4) is 5.75 Å². The van der Waals surface area contributed by atoms with E-state index in [4.69, 9.17) is 15.6 Å². The smallest absolute Gasteiger partial charge is 0.124 e. The van der Waals surface area contributed by atoms with Gasteiger partial charge in [0, 0.05) is 25.2 Å². The van der Waals surface area contributed by atoms with Gasteiger partial charge in [-0.3, -0.25) is 9.80 Å². The second-order valence-electron chi connectivity index (χ2n) is 5.89. The van der Waals surface area contributed by atoms with E-state index in [1.807, 2.05) is 25.2 Å². The fourth-order valence-electron chi connectivity index (χ4n) is 3.04. The largest absolute Gasteiger partial charge is 0.492 e. The number of likely N-dealkylation sites (tertiary alicyclic amines) is 1. The van der Waals surface area contributed by atoms with E-state index in [1.54, 1.807) is 0 Å². The van der Waals surface area contributed by atoms with E-state index in [9.17, 15) is 0 Å². The molecule has 0 aromatic heterocycles. The molecule has 1 unspecified atom stereocenters. The number of aliphatic hydroxyl groups is 1. The Balaban J connectivity index is 1.98. The minimum atomic E-state index is 0.0649. The van der Waals surface area contributed by atoms with Crippen molar-refractivity contribution in [1.82, 2.24) is 9.80 Å². The van der Waals surface area contributed by atoms with Crippen molar-refractivity contribution in [2.75, 3.05) is 53.0 Å². The van der Waals surface area contributed by atoms with Gasteiger partial charge in [-0.25, -0.2) is 0 Å². The Kier molecular flexibility index (Phi) is 7.12. The zero-order valence-corrected chi connectivity index (χ0v) is 13.6. The average molecular weight is 307 g/mol. The van der Waals surface area contributed by atoms with Crippen LogP contribution in [0.15, 0.2) is 24.3 Å². The topological polar surface area (TPSA) is 62.0 Å². The molecular weight excluding hydrogens is 278 g/mol. The van der Waals surface area contributed by atoms with Crippen LogP contribution in [0.3, 0.4) is 0 Å². The van der Waals surface area contributed by atoms with Crippen LogP contribution < -0.4 is 10.5 Å². The number of hydrogen-bond acceptors (Lipinski definition) is 5. The molecule has 0 amide bonds. The quantitative estimate of drug-likeness (QED) is 0.715. The lowest BCUT2D eigenvalue weighted by Crippen LogP contribution is -2.33. The van der Waals surface area contributed by atoms with Crippen LogP contribution in [-0.4, -0.2) is 67.9 Å². The molecule has 1 aromatic rings. The number of ether oxygens (including phenoxy) is 1. The maximum atomic E-state index is 9.14. The average Bonchev–Trinajstić information content (AvgIpc) is 3.03. The maximum absolute atomic E-state index is 9.14. The zero-order valence-electron chi connectivity index (χ0n) is 13.6. The summed E-state index contributed by atoms with van der Waals surface area (Å²) in [6, 6.07) is 8.15. The van der Waals surface area contributed by atoms with Crippen LogP contribution in [0.25, 0.3) is 0 Å². The Hall–Kier alpha value is -1.14. The first-order valence-corrected chi connectivity index (χ1v) is 8.21. The summed E-state index contributed by atoms with van der Waals surface area (Å²) >= 11 is 0. The summed E-state index contributed by atoms with van der Waals surface area (Å²) in [5.74, 6) is 0.905. The molecule has 1 aliphatic heterocycles. The molecule has 5 nitrogen and oxygen atoms in total. The van der Waals surface area contributed by atoms with Gasteiger partial charge in [0.2, 0.25) is 0 Å². The first-order chi connectivity index (χ1) is 10.8. The molecule has 0 radical (unpaired) electrons. The lowest BCUT2D eigenvalue weighted by atomic mass is 10.0. The highest BCUT2D eigenvalue weighted by atomic mass is 16.5. The Morgan fingerprint density at radius 1 is 1.32 bits per heavy atom. The lowest BCUT2D eigenvalue weighted by molar-refractivity contribution is 0.178. The summed E-state index contributed by atoms with van der Waals surface area (Å²) in [7, 11) is 1.98. The molecule has 5 heteroatoms. The van der Waals surface area contributed by atoms with Gasteiger partial charge in [0.15, 0.2) is 0 Å². The summed E-state index contributed by atoms with van der Waals surface area (Å²) in [5, 5.41) is 9.14. The third-order valence-corrected chi connectivity index (χ3v) is 4.35. The highest BCUT2D eigenvalue weighted by molar-refractivity contribution is 5.36. The number of benzene rings is 1. The number of rotatable bonds is 9. The van der Waals surface area contributed by atoms with Gasteiger partial charge in [-0.2, -0.15) is 0 Å². The summed E-state index contributed by atoms with van der Waals surface area (Å²) in [6.07, 6.45) is 2.61. The lowest BCUT2D eigenvalue weighted by Gasteiger charge is -2.28. The molecule has 22 heavy (non-hydrogen) atoms. The van der Waals surface area contributed by atoms with Gasteiger partial charge in [-0.05, 0) is 39.0 Å². The first kappa shape index (κ1) is 17.2. The standard InChI is InChI=1S/C17H29N3O2/c1-19(10-12-21)16(14-18)15-6-2-3-7-17(15)22-13-11-20-8-4-5-9-20/h2-3,6-7,16,21H,4-5,8-14,18H2,1H3. The second kappa shape index (κ2) is 9.10. The van der Waals surface area contributed by atoms with Crippen molar-refractivity contribution in [2.45, 2.75) is 18.9 Å². The fraction of sp³-hybridized carbons (Fsp3) is 0.647. The molecule has 0 bridgehead atoms. The van der Waals surface area contributed by atoms with Gasteiger partial charge in [0.1, 0.15) is 12.4 Å². The third kappa shape index (κ3) is 4.68. The van der Waals surface area contributed by atoms with Gasteiger partial charge < -0.3 is 15.6 Å². The van der Waals surface area contributed by atoms with E-state index in [1.165, 1.54) is 25.9 Å². The maximum Gasteiger partial charge on any atom is 0.124 e. The van der Waals surface area contributed by atoms with Crippen LogP contribution in [0, 0.1) is 0 Å². The molecule has 1 atom stereocenters. The summed E-state index contributed by atoms with van der Waals surface area (Å²) in [4.78, 5) is 4.52. The van der Waals surface area contributed by atoms with E-state index in [0.717, 1.165) is 17.9 Å². The summed E-state index contributed by atoms with van der Waals surface area (Å²) < 4.78 is 6.02. The van der Waals surface area contributed by atoms with Crippen LogP contribution >= 0.6 is 0 Å². The predicted octanol–water partition coefficient (Wildman–Crippen LogP) is 1.09. The van der Waals surface area contributed by atoms with Crippen molar-refractivity contribution in [3.05, 3.63) is 29.8 Å². The van der Waals surface area contributed by atoms with Crippen molar-refractivity contribution < 1.29 is 9.84 Å². The monoisotopic (exact) mass is 307 g/mol. The van der Waals surface area contributed by atoms with Gasteiger partial charge >= 0.3 is 0 Å². The number of para-hydroxylation sites is 1. The number of likely N-dealkylation sites (N-methyl/N-ethyl adjacent to an activating group) is 1. The van der Waals surface area contributed by atoms with Gasteiger partial charge in [0.25, 0.3) is 0 Å². The van der Waals surface area contributed by atoms with Crippen LogP contribution in [0.4, 0.5) is 0 Å². The minimum absolute atomic E-state index is 0.0649. The SMILES string of the molecule is CN(CCO)C(CN)c1ccccc1OCCN1CCCC1. The Morgan fingerprint density at radius 3 is 2.73 bits per heavy atom. The fourth-order valence-corrected chi connectivity index (χ4v) is 3.04. The molecule has 1 fully saturated rings. The van der Waals surface area contributed by atoms with Crippen LogP contribution in [0.5, 0.6) is 5.75 Å². The van der Waals surface area contributed by atoms with Gasteiger partial charge in [-0.1, -0.05) is 18.2 Å². The second-order valence-corrected chi connectivity index (χ2v) is 5.89. The Morgan fingerprint density at radius 2 is 2.05 bits per heavy atom. The molecule has 124 valence electrons. The van der Waals surface area contributed by atoms with Crippen molar-refractivity contribution in [2.24, 2.45) is 5.73 Å². The zero-order chi connectivity index (χ0) is 15.8. The normalized spacial score (nSPS) is 17.1. The first-order valence-electron chi connectivity index (χ1n) is 8.21.